The van der Waals surface area contributed by atoms with Gasteiger partial charge in [-0.05, 0) is 32.1 Å². The van der Waals surface area contributed by atoms with Crippen LogP contribution in [0.1, 0.15) is 45.4 Å². The molecule has 17 heavy (non-hydrogen) atoms. The third kappa shape index (κ3) is 4.23. The predicted molar refractivity (Wildman–Crippen MR) is 60.2 cm³/mol. The highest BCUT2D eigenvalue weighted by Gasteiger charge is 2.47. The van der Waals surface area contributed by atoms with Crippen LogP contribution < -0.4 is 0 Å². The van der Waals surface area contributed by atoms with E-state index in [0.29, 0.717) is 25.7 Å². The topological polar surface area (TPSA) is 20.2 Å². The van der Waals surface area contributed by atoms with E-state index in [1.807, 2.05) is 0 Å². The van der Waals surface area contributed by atoms with Crippen LogP contribution in [0.4, 0.5) is 13.2 Å². The summed E-state index contributed by atoms with van der Waals surface area (Å²) < 4.78 is 38.4. The van der Waals surface area contributed by atoms with E-state index in [9.17, 15) is 18.3 Å². The molecule has 1 rings (SSSR count). The summed E-state index contributed by atoms with van der Waals surface area (Å²) in [5.41, 5.74) is 0. The Kier molecular flexibility index (Phi) is 5.32. The Morgan fingerprint density at radius 3 is 2.53 bits per heavy atom. The van der Waals surface area contributed by atoms with Crippen molar-refractivity contribution in [3.8, 4) is 11.8 Å². The van der Waals surface area contributed by atoms with E-state index in [1.165, 1.54) is 0 Å². The fourth-order valence-corrected chi connectivity index (χ4v) is 2.59. The van der Waals surface area contributed by atoms with Crippen LogP contribution in [-0.4, -0.2) is 17.4 Å². The molecule has 0 aromatic heterocycles. The van der Waals surface area contributed by atoms with Crippen molar-refractivity contribution in [2.24, 2.45) is 11.8 Å². The van der Waals surface area contributed by atoms with Gasteiger partial charge in [-0.1, -0.05) is 12.8 Å². The summed E-state index contributed by atoms with van der Waals surface area (Å²) in [5.74, 6) is 3.50. The third-order valence-corrected chi connectivity index (χ3v) is 3.48. The van der Waals surface area contributed by atoms with E-state index in [4.69, 9.17) is 0 Å². The molecule has 1 fully saturated rings. The second kappa shape index (κ2) is 6.30. The highest BCUT2D eigenvalue weighted by molar-refractivity contribution is 4.96. The van der Waals surface area contributed by atoms with Crippen LogP contribution in [0.2, 0.25) is 0 Å². The first kappa shape index (κ1) is 14.4. The first-order valence-corrected chi connectivity index (χ1v) is 6.11. The maximum atomic E-state index is 12.8. The minimum Gasteiger partial charge on any atom is -0.393 e. The summed E-state index contributed by atoms with van der Waals surface area (Å²) >= 11 is 0. The van der Waals surface area contributed by atoms with Crippen LogP contribution in [0.15, 0.2) is 0 Å². The molecular formula is C13H19F3O. The van der Waals surface area contributed by atoms with Crippen molar-refractivity contribution in [2.45, 2.75) is 57.7 Å². The van der Waals surface area contributed by atoms with Crippen molar-refractivity contribution in [3.05, 3.63) is 0 Å². The monoisotopic (exact) mass is 248 g/mol. The standard InChI is InChI=1S/C13H19F3O/c1-2-3-4-9-12(17)10-7-5-6-8-11(10)13(14,15)16/h10-12,17H,4-9H2,1H3. The molecule has 0 aliphatic heterocycles. The van der Waals surface area contributed by atoms with Gasteiger partial charge in [0, 0.05) is 6.42 Å². The number of halogens is 3. The Labute approximate surface area is 100 Å². The lowest BCUT2D eigenvalue weighted by atomic mass is 9.75. The molecule has 1 aliphatic carbocycles. The van der Waals surface area contributed by atoms with Crippen molar-refractivity contribution in [3.63, 3.8) is 0 Å². The van der Waals surface area contributed by atoms with Gasteiger partial charge in [0.2, 0.25) is 0 Å². The minimum atomic E-state index is -4.18. The summed E-state index contributed by atoms with van der Waals surface area (Å²) in [6, 6.07) is 0. The lowest BCUT2D eigenvalue weighted by Gasteiger charge is -2.35. The second-order valence-electron chi connectivity index (χ2n) is 4.63. The molecule has 98 valence electrons. The number of hydrogen-bond acceptors (Lipinski definition) is 1. The zero-order valence-electron chi connectivity index (χ0n) is 10.1. The van der Waals surface area contributed by atoms with Crippen molar-refractivity contribution < 1.29 is 18.3 Å². The Balaban J connectivity index is 2.60. The molecule has 1 saturated carbocycles. The summed E-state index contributed by atoms with van der Waals surface area (Å²) in [6.45, 7) is 1.69. The predicted octanol–water partition coefficient (Wildman–Crippen LogP) is 3.52. The highest BCUT2D eigenvalue weighted by atomic mass is 19.4. The van der Waals surface area contributed by atoms with Crippen LogP contribution in [0, 0.1) is 23.7 Å². The molecule has 0 saturated heterocycles. The molecule has 0 aromatic rings. The average molecular weight is 248 g/mol. The van der Waals surface area contributed by atoms with Gasteiger partial charge in [-0.25, -0.2) is 0 Å². The fraction of sp³-hybridized carbons (Fsp3) is 0.846. The van der Waals surface area contributed by atoms with Gasteiger partial charge in [0.1, 0.15) is 0 Å². The molecule has 1 aliphatic rings. The van der Waals surface area contributed by atoms with Gasteiger partial charge in [0.15, 0.2) is 0 Å². The Hall–Kier alpha value is -0.690. The van der Waals surface area contributed by atoms with Gasteiger partial charge in [-0.3, -0.25) is 0 Å². The van der Waals surface area contributed by atoms with Crippen LogP contribution in [0.25, 0.3) is 0 Å². The van der Waals surface area contributed by atoms with Crippen molar-refractivity contribution in [1.29, 1.82) is 0 Å². The lowest BCUT2D eigenvalue weighted by Crippen LogP contribution is -2.39. The largest absolute Gasteiger partial charge is 0.393 e. The molecule has 0 heterocycles. The Bertz CT molecular complexity index is 287. The van der Waals surface area contributed by atoms with Gasteiger partial charge in [-0.15, -0.1) is 11.8 Å². The van der Waals surface area contributed by atoms with E-state index in [0.717, 1.165) is 6.42 Å². The molecule has 1 N–H and O–H groups in total. The number of rotatable bonds is 3. The quantitative estimate of drug-likeness (QED) is 0.758. The molecule has 0 radical (unpaired) electrons. The zero-order valence-corrected chi connectivity index (χ0v) is 10.1. The molecule has 0 aromatic carbocycles. The highest BCUT2D eigenvalue weighted by Crippen LogP contribution is 2.43. The first-order valence-electron chi connectivity index (χ1n) is 6.11. The third-order valence-electron chi connectivity index (χ3n) is 3.48. The number of aliphatic hydroxyl groups excluding tert-OH is 1. The molecule has 3 unspecified atom stereocenters. The second-order valence-corrected chi connectivity index (χ2v) is 4.63. The van der Waals surface area contributed by atoms with E-state index in [1.54, 1.807) is 6.92 Å². The molecule has 1 nitrogen and oxygen atoms in total. The zero-order chi connectivity index (χ0) is 12.9. The van der Waals surface area contributed by atoms with E-state index in [2.05, 4.69) is 11.8 Å². The van der Waals surface area contributed by atoms with Crippen molar-refractivity contribution in [1.82, 2.24) is 0 Å². The van der Waals surface area contributed by atoms with E-state index < -0.39 is 24.1 Å². The van der Waals surface area contributed by atoms with E-state index >= 15 is 0 Å². The molecule has 0 bridgehead atoms. The lowest BCUT2D eigenvalue weighted by molar-refractivity contribution is -0.206. The Morgan fingerprint density at radius 1 is 1.29 bits per heavy atom. The van der Waals surface area contributed by atoms with Crippen LogP contribution in [0.5, 0.6) is 0 Å². The number of hydrogen-bond donors (Lipinski definition) is 1. The van der Waals surface area contributed by atoms with Gasteiger partial charge in [0.25, 0.3) is 0 Å². The minimum absolute atomic E-state index is 0.157. The Morgan fingerprint density at radius 2 is 1.94 bits per heavy atom. The summed E-state index contributed by atoms with van der Waals surface area (Å²) in [6.07, 6.45) is -2.20. The maximum absolute atomic E-state index is 12.8. The molecule has 4 heteroatoms. The van der Waals surface area contributed by atoms with Gasteiger partial charge in [0.05, 0.1) is 12.0 Å². The van der Waals surface area contributed by atoms with Gasteiger partial charge in [-0.2, -0.15) is 13.2 Å². The van der Waals surface area contributed by atoms with Crippen molar-refractivity contribution in [2.75, 3.05) is 0 Å². The summed E-state index contributed by atoms with van der Waals surface area (Å²) in [4.78, 5) is 0. The van der Waals surface area contributed by atoms with Crippen molar-refractivity contribution >= 4 is 0 Å². The normalized spacial score (nSPS) is 27.1. The van der Waals surface area contributed by atoms with Crippen LogP contribution >= 0.6 is 0 Å². The molecule has 0 amide bonds. The van der Waals surface area contributed by atoms with Gasteiger partial charge >= 0.3 is 6.18 Å². The molecule has 3 atom stereocenters. The van der Waals surface area contributed by atoms with Crippen LogP contribution in [-0.2, 0) is 0 Å². The fourth-order valence-electron chi connectivity index (χ4n) is 2.59. The summed E-state index contributed by atoms with van der Waals surface area (Å²) in [5, 5.41) is 9.87. The molecule has 0 spiro atoms. The number of aliphatic hydroxyl groups is 1. The maximum Gasteiger partial charge on any atom is 0.392 e. The summed E-state index contributed by atoms with van der Waals surface area (Å²) in [7, 11) is 0. The number of alkyl halides is 3. The smallest absolute Gasteiger partial charge is 0.392 e. The average Bonchev–Trinajstić information content (AvgIpc) is 2.28. The molecular weight excluding hydrogens is 229 g/mol. The van der Waals surface area contributed by atoms with Gasteiger partial charge < -0.3 is 5.11 Å². The van der Waals surface area contributed by atoms with E-state index in [-0.39, 0.29) is 6.42 Å². The first-order chi connectivity index (χ1) is 7.96. The van der Waals surface area contributed by atoms with Crippen LogP contribution in [0.3, 0.4) is 0 Å². The SMILES string of the molecule is CC#CCCC(O)C1CCCCC1C(F)(F)F.